The molecule has 1 aromatic rings. The summed E-state index contributed by atoms with van der Waals surface area (Å²) < 4.78 is 13.3. The summed E-state index contributed by atoms with van der Waals surface area (Å²) in [6.07, 6.45) is 1.75. The first-order chi connectivity index (χ1) is 9.54. The molecule has 1 rings (SSSR count). The van der Waals surface area contributed by atoms with Gasteiger partial charge >= 0.3 is 0 Å². The molecule has 0 bridgehead atoms. The predicted octanol–water partition coefficient (Wildman–Crippen LogP) is 2.83. The summed E-state index contributed by atoms with van der Waals surface area (Å²) in [5, 5.41) is 5.12. The molecule has 1 aromatic carbocycles. The van der Waals surface area contributed by atoms with Crippen molar-refractivity contribution in [1.29, 1.82) is 0 Å². The number of hydrogen-bond donors (Lipinski definition) is 2. The monoisotopic (exact) mass is 344 g/mol. The van der Waals surface area contributed by atoms with Crippen LogP contribution in [0.1, 0.15) is 26.2 Å². The lowest BCUT2D eigenvalue weighted by atomic mass is 10.2. The van der Waals surface area contributed by atoms with E-state index in [2.05, 4.69) is 26.6 Å². The van der Waals surface area contributed by atoms with Crippen molar-refractivity contribution in [3.8, 4) is 0 Å². The molecule has 0 spiro atoms. The lowest BCUT2D eigenvalue weighted by Gasteiger charge is -2.10. The van der Waals surface area contributed by atoms with Crippen LogP contribution >= 0.6 is 15.9 Å². The van der Waals surface area contributed by atoms with Gasteiger partial charge in [-0.1, -0.05) is 41.4 Å². The Labute approximate surface area is 126 Å². The van der Waals surface area contributed by atoms with Crippen LogP contribution in [-0.2, 0) is 9.59 Å². The van der Waals surface area contributed by atoms with E-state index in [1.165, 1.54) is 12.1 Å². The number of hydrogen-bond acceptors (Lipinski definition) is 2. The molecule has 0 radical (unpaired) electrons. The van der Waals surface area contributed by atoms with Crippen molar-refractivity contribution in [1.82, 2.24) is 5.32 Å². The fourth-order valence-electron chi connectivity index (χ4n) is 1.57. The molecule has 0 saturated heterocycles. The first-order valence-electron chi connectivity index (χ1n) is 6.50. The van der Waals surface area contributed by atoms with E-state index in [0.29, 0.717) is 0 Å². The quantitative estimate of drug-likeness (QED) is 0.747. The Morgan fingerprint density at radius 2 is 2.05 bits per heavy atom. The fourth-order valence-corrected chi connectivity index (χ4v) is 2.19. The molecular formula is C14H18BrFN2O2. The number of para-hydroxylation sites is 1. The number of amides is 2. The van der Waals surface area contributed by atoms with Crippen molar-refractivity contribution in [3.05, 3.63) is 30.1 Å². The van der Waals surface area contributed by atoms with E-state index in [-0.39, 0.29) is 35.3 Å². The number of nitrogens with one attached hydrogen (secondary N) is 2. The highest BCUT2D eigenvalue weighted by Crippen LogP contribution is 2.12. The van der Waals surface area contributed by atoms with Gasteiger partial charge in [0.2, 0.25) is 11.8 Å². The van der Waals surface area contributed by atoms with Gasteiger partial charge in [0, 0.05) is 13.0 Å². The van der Waals surface area contributed by atoms with Crippen molar-refractivity contribution in [3.63, 3.8) is 0 Å². The zero-order valence-corrected chi connectivity index (χ0v) is 12.9. The van der Waals surface area contributed by atoms with Gasteiger partial charge in [-0.3, -0.25) is 9.59 Å². The number of rotatable bonds is 7. The fraction of sp³-hybridized carbons (Fsp3) is 0.429. The van der Waals surface area contributed by atoms with Crippen LogP contribution in [0.3, 0.4) is 0 Å². The summed E-state index contributed by atoms with van der Waals surface area (Å²) in [4.78, 5) is 22.9. The van der Waals surface area contributed by atoms with Crippen molar-refractivity contribution in [2.24, 2.45) is 0 Å². The van der Waals surface area contributed by atoms with Crippen molar-refractivity contribution in [2.45, 2.75) is 31.0 Å². The van der Waals surface area contributed by atoms with E-state index < -0.39 is 5.82 Å². The molecule has 110 valence electrons. The average molecular weight is 345 g/mol. The van der Waals surface area contributed by atoms with Crippen LogP contribution in [0.4, 0.5) is 10.1 Å². The lowest BCUT2D eigenvalue weighted by molar-refractivity contribution is -0.120. The molecule has 0 aliphatic rings. The van der Waals surface area contributed by atoms with Crippen LogP contribution < -0.4 is 10.6 Å². The molecule has 0 aliphatic heterocycles. The highest BCUT2D eigenvalue weighted by Gasteiger charge is 2.13. The summed E-state index contributed by atoms with van der Waals surface area (Å²) >= 11 is 3.27. The molecule has 0 fully saturated rings. The molecule has 1 unspecified atom stereocenters. The topological polar surface area (TPSA) is 58.2 Å². The molecule has 6 heteroatoms. The van der Waals surface area contributed by atoms with E-state index in [1.807, 2.05) is 6.92 Å². The average Bonchev–Trinajstić information content (AvgIpc) is 2.41. The number of benzene rings is 1. The Morgan fingerprint density at radius 1 is 1.35 bits per heavy atom. The summed E-state index contributed by atoms with van der Waals surface area (Å²) in [7, 11) is 0. The van der Waals surface area contributed by atoms with E-state index in [4.69, 9.17) is 0 Å². The minimum Gasteiger partial charge on any atom is -0.355 e. The highest BCUT2D eigenvalue weighted by molar-refractivity contribution is 9.10. The van der Waals surface area contributed by atoms with Gasteiger partial charge in [-0.15, -0.1) is 0 Å². The van der Waals surface area contributed by atoms with Gasteiger partial charge in [-0.25, -0.2) is 4.39 Å². The van der Waals surface area contributed by atoms with Crippen molar-refractivity contribution < 1.29 is 14.0 Å². The Hall–Kier alpha value is -1.43. The molecule has 0 aliphatic carbocycles. The normalized spacial score (nSPS) is 11.8. The summed E-state index contributed by atoms with van der Waals surface area (Å²) in [6.45, 7) is 2.22. The molecular weight excluding hydrogens is 327 g/mol. The standard InChI is InChI=1S/C14H18BrFN2O2/c1-2-5-10(15)14(20)17-9-8-13(19)18-12-7-4-3-6-11(12)16/h3-4,6-7,10H,2,5,8-9H2,1H3,(H,17,20)(H,18,19). The molecule has 2 amide bonds. The first-order valence-corrected chi connectivity index (χ1v) is 7.42. The third-order valence-electron chi connectivity index (χ3n) is 2.63. The zero-order chi connectivity index (χ0) is 15.0. The number of halogens is 2. The second-order valence-electron chi connectivity index (χ2n) is 4.33. The molecule has 0 saturated carbocycles. The number of carbonyl (C=O) groups is 2. The van der Waals surface area contributed by atoms with Crippen LogP contribution in [0.15, 0.2) is 24.3 Å². The van der Waals surface area contributed by atoms with E-state index >= 15 is 0 Å². The second kappa shape index (κ2) is 8.68. The SMILES string of the molecule is CCCC(Br)C(=O)NCCC(=O)Nc1ccccc1F. The van der Waals surface area contributed by atoms with Gasteiger partial charge in [0.15, 0.2) is 0 Å². The molecule has 2 N–H and O–H groups in total. The van der Waals surface area contributed by atoms with Gasteiger partial charge in [-0.2, -0.15) is 0 Å². The van der Waals surface area contributed by atoms with Gasteiger partial charge in [0.25, 0.3) is 0 Å². The van der Waals surface area contributed by atoms with Crippen LogP contribution in [-0.4, -0.2) is 23.2 Å². The maximum Gasteiger partial charge on any atom is 0.233 e. The maximum atomic E-state index is 13.3. The Balaban J connectivity index is 2.31. The lowest BCUT2D eigenvalue weighted by Crippen LogP contribution is -2.33. The summed E-state index contributed by atoms with van der Waals surface area (Å²) in [5.41, 5.74) is 0.146. The number of anilines is 1. The number of alkyl halides is 1. The minimum atomic E-state index is -0.478. The first kappa shape index (κ1) is 16.6. The largest absolute Gasteiger partial charge is 0.355 e. The molecule has 0 heterocycles. The van der Waals surface area contributed by atoms with Gasteiger partial charge in [-0.05, 0) is 18.6 Å². The van der Waals surface area contributed by atoms with Gasteiger partial charge < -0.3 is 10.6 Å². The van der Waals surface area contributed by atoms with E-state index in [1.54, 1.807) is 12.1 Å². The van der Waals surface area contributed by atoms with E-state index in [0.717, 1.165) is 12.8 Å². The maximum absolute atomic E-state index is 13.3. The molecule has 1 atom stereocenters. The predicted molar refractivity (Wildman–Crippen MR) is 80.3 cm³/mol. The highest BCUT2D eigenvalue weighted by atomic mass is 79.9. The molecule has 20 heavy (non-hydrogen) atoms. The number of carbonyl (C=O) groups excluding carboxylic acids is 2. The van der Waals surface area contributed by atoms with Crippen molar-refractivity contribution in [2.75, 3.05) is 11.9 Å². The Kier molecular flexibility index (Phi) is 7.22. The van der Waals surface area contributed by atoms with Gasteiger partial charge in [0.05, 0.1) is 10.5 Å². The smallest absolute Gasteiger partial charge is 0.233 e. The second-order valence-corrected chi connectivity index (χ2v) is 5.43. The van der Waals surface area contributed by atoms with Gasteiger partial charge in [0.1, 0.15) is 5.82 Å². The third kappa shape index (κ3) is 5.69. The summed E-state index contributed by atoms with van der Waals surface area (Å²) in [5.74, 6) is -0.948. The molecule has 0 aromatic heterocycles. The van der Waals surface area contributed by atoms with E-state index in [9.17, 15) is 14.0 Å². The Morgan fingerprint density at radius 3 is 2.70 bits per heavy atom. The zero-order valence-electron chi connectivity index (χ0n) is 11.3. The summed E-state index contributed by atoms with van der Waals surface area (Å²) in [6, 6.07) is 5.95. The third-order valence-corrected chi connectivity index (χ3v) is 3.50. The van der Waals surface area contributed by atoms with Crippen LogP contribution in [0, 0.1) is 5.82 Å². The van der Waals surface area contributed by atoms with Crippen molar-refractivity contribution >= 4 is 33.4 Å². The molecule has 4 nitrogen and oxygen atoms in total. The Bertz CT molecular complexity index is 468. The minimum absolute atomic E-state index is 0.103. The van der Waals surface area contributed by atoms with Crippen LogP contribution in [0.5, 0.6) is 0 Å². The van der Waals surface area contributed by atoms with Crippen LogP contribution in [0.2, 0.25) is 0 Å². The van der Waals surface area contributed by atoms with Crippen LogP contribution in [0.25, 0.3) is 0 Å².